The third-order valence-corrected chi connectivity index (χ3v) is 6.65. The van der Waals surface area contributed by atoms with Gasteiger partial charge in [0.05, 0.1) is 32.0 Å². The molecule has 0 unspecified atom stereocenters. The molecule has 1 aromatic carbocycles. The summed E-state index contributed by atoms with van der Waals surface area (Å²) in [5, 5.41) is 59.2. The Bertz CT molecular complexity index is 1100. The number of carbonyl (C=O) groups is 2. The van der Waals surface area contributed by atoms with E-state index in [9.17, 15) is 40.2 Å². The van der Waals surface area contributed by atoms with Gasteiger partial charge >= 0.3 is 11.9 Å². The van der Waals surface area contributed by atoms with Crippen molar-refractivity contribution in [1.82, 2.24) is 0 Å². The summed E-state index contributed by atoms with van der Waals surface area (Å²) in [6.45, 7) is 0.676. The van der Waals surface area contributed by atoms with Crippen molar-refractivity contribution in [2.45, 2.75) is 56.4 Å². The minimum absolute atomic E-state index is 0.0204. The normalized spacial score (nSPS) is 30.2. The van der Waals surface area contributed by atoms with Gasteiger partial charge in [-0.25, -0.2) is 4.79 Å². The number of rotatable bonds is 10. The van der Waals surface area contributed by atoms with Gasteiger partial charge in [-0.2, -0.15) is 0 Å². The highest BCUT2D eigenvalue weighted by Gasteiger charge is 2.47. The van der Waals surface area contributed by atoms with Gasteiger partial charge in [0.2, 0.25) is 6.29 Å². The van der Waals surface area contributed by atoms with Gasteiger partial charge in [-0.05, 0) is 24.6 Å². The zero-order valence-electron chi connectivity index (χ0n) is 22.1. The summed E-state index contributed by atoms with van der Waals surface area (Å²) in [5.74, 6) is -3.16. The summed E-state index contributed by atoms with van der Waals surface area (Å²) in [7, 11) is 2.53. The number of hydrogen-bond acceptors (Lipinski definition) is 14. The fourth-order valence-electron chi connectivity index (χ4n) is 4.36. The second kappa shape index (κ2) is 13.9. The fraction of sp³-hybridized carbons (Fsp3) is 0.538. The smallest absolute Gasteiger partial charge is 0.337 e. The lowest BCUT2D eigenvalue weighted by Crippen LogP contribution is -2.60. The van der Waals surface area contributed by atoms with Crippen LogP contribution in [0.25, 0.3) is 0 Å². The average Bonchev–Trinajstić information content (AvgIpc) is 2.95. The molecule has 2 aliphatic heterocycles. The molecule has 0 aromatic heterocycles. The van der Waals surface area contributed by atoms with Crippen molar-refractivity contribution in [2.75, 3.05) is 27.4 Å². The molecule has 1 saturated heterocycles. The van der Waals surface area contributed by atoms with Crippen LogP contribution in [-0.2, 0) is 38.0 Å². The highest BCUT2D eigenvalue weighted by molar-refractivity contribution is 5.90. The Morgan fingerprint density at radius 2 is 1.80 bits per heavy atom. The maximum absolute atomic E-state index is 12.9. The number of phenols is 2. The van der Waals surface area contributed by atoms with E-state index >= 15 is 0 Å². The molecule has 8 atom stereocenters. The predicted molar refractivity (Wildman–Crippen MR) is 132 cm³/mol. The standard InChI is InChI=1S/C26H34O14/c1-4-13-14(8-20(30)37-11-19(35-2)12-5-6-16(28)17(29)7-12)15(24(34)36-3)10-38-25(13)40-26-23(33)22(32)21(31)18(9-27)39-26/h4-7,10,14,18-19,21-23,25-29,31-33H,8-9,11H2,1-3H3/b13-4+/t14-,18+,19+,21+,22-,23+,25-,26-/m0/s1. The molecule has 3 rings (SSSR count). The zero-order chi connectivity index (χ0) is 29.6. The number of carbonyl (C=O) groups excluding carboxylic acids is 2. The maximum atomic E-state index is 12.9. The number of esters is 2. The molecule has 0 saturated carbocycles. The van der Waals surface area contributed by atoms with Gasteiger partial charge in [0.25, 0.3) is 0 Å². The first-order valence-corrected chi connectivity index (χ1v) is 12.3. The van der Waals surface area contributed by atoms with Crippen molar-refractivity contribution in [3.05, 3.63) is 47.2 Å². The van der Waals surface area contributed by atoms with Gasteiger partial charge < -0.3 is 59.1 Å². The second-order valence-corrected chi connectivity index (χ2v) is 9.07. The highest BCUT2D eigenvalue weighted by atomic mass is 16.8. The lowest BCUT2D eigenvalue weighted by atomic mass is 9.86. The average molecular weight is 571 g/mol. The molecular weight excluding hydrogens is 536 g/mol. The van der Waals surface area contributed by atoms with Crippen molar-refractivity contribution in [3.8, 4) is 11.5 Å². The molecule has 0 radical (unpaired) electrons. The predicted octanol–water partition coefficient (Wildman–Crippen LogP) is -0.489. The lowest BCUT2D eigenvalue weighted by Gasteiger charge is -2.41. The van der Waals surface area contributed by atoms with E-state index in [2.05, 4.69) is 0 Å². The third-order valence-electron chi connectivity index (χ3n) is 6.65. The molecular formula is C26H34O14. The van der Waals surface area contributed by atoms with Crippen molar-refractivity contribution < 1.29 is 68.6 Å². The Labute approximate surface area is 229 Å². The Balaban J connectivity index is 1.75. The van der Waals surface area contributed by atoms with Crippen molar-refractivity contribution >= 4 is 11.9 Å². The Hall–Kier alpha value is -3.24. The van der Waals surface area contributed by atoms with Crippen LogP contribution in [0.3, 0.4) is 0 Å². The molecule has 14 nitrogen and oxygen atoms in total. The number of aromatic hydroxyl groups is 2. The number of benzene rings is 1. The summed E-state index contributed by atoms with van der Waals surface area (Å²) in [6, 6.07) is 4.03. The Morgan fingerprint density at radius 3 is 2.40 bits per heavy atom. The highest BCUT2D eigenvalue weighted by Crippen LogP contribution is 2.36. The van der Waals surface area contributed by atoms with E-state index in [1.807, 2.05) is 0 Å². The van der Waals surface area contributed by atoms with Gasteiger partial charge in [0.15, 0.2) is 17.8 Å². The van der Waals surface area contributed by atoms with E-state index in [1.54, 1.807) is 6.92 Å². The quantitative estimate of drug-likeness (QED) is 0.119. The summed E-state index contributed by atoms with van der Waals surface area (Å²) in [6.07, 6.45) is -7.63. The van der Waals surface area contributed by atoms with Crippen LogP contribution >= 0.6 is 0 Å². The second-order valence-electron chi connectivity index (χ2n) is 9.07. The van der Waals surface area contributed by atoms with Crippen LogP contribution in [0.5, 0.6) is 11.5 Å². The third kappa shape index (κ3) is 6.90. The number of ether oxygens (including phenoxy) is 6. The minimum atomic E-state index is -1.71. The lowest BCUT2D eigenvalue weighted by molar-refractivity contribution is -0.327. The first-order valence-electron chi connectivity index (χ1n) is 12.3. The number of aliphatic hydroxyl groups excluding tert-OH is 4. The van der Waals surface area contributed by atoms with Gasteiger partial charge in [0, 0.05) is 18.6 Å². The molecule has 1 fully saturated rings. The Morgan fingerprint density at radius 1 is 1.07 bits per heavy atom. The van der Waals surface area contributed by atoms with Gasteiger partial charge in [-0.1, -0.05) is 12.1 Å². The van der Waals surface area contributed by atoms with Crippen LogP contribution in [0.15, 0.2) is 41.7 Å². The van der Waals surface area contributed by atoms with Crippen LogP contribution in [0.2, 0.25) is 0 Å². The van der Waals surface area contributed by atoms with Gasteiger partial charge in [0.1, 0.15) is 37.1 Å². The van der Waals surface area contributed by atoms with Crippen LogP contribution in [0, 0.1) is 5.92 Å². The molecule has 2 aliphatic rings. The topological polar surface area (TPSA) is 211 Å². The van der Waals surface area contributed by atoms with Crippen LogP contribution in [0.1, 0.15) is 25.0 Å². The minimum Gasteiger partial charge on any atom is -0.504 e. The summed E-state index contributed by atoms with van der Waals surface area (Å²) in [4.78, 5) is 25.4. The Kier molecular flexibility index (Phi) is 10.9. The van der Waals surface area contributed by atoms with Gasteiger partial charge in [-0.3, -0.25) is 4.79 Å². The van der Waals surface area contributed by atoms with E-state index in [0.29, 0.717) is 5.56 Å². The molecule has 1 aromatic rings. The van der Waals surface area contributed by atoms with E-state index in [1.165, 1.54) is 31.4 Å². The van der Waals surface area contributed by atoms with Crippen LogP contribution in [-0.4, -0.2) is 107 Å². The van der Waals surface area contributed by atoms with Crippen molar-refractivity contribution in [1.29, 1.82) is 0 Å². The molecule has 0 aliphatic carbocycles. The number of allylic oxidation sites excluding steroid dienone is 1. The molecule has 0 bridgehead atoms. The van der Waals surface area contributed by atoms with Gasteiger partial charge in [-0.15, -0.1) is 0 Å². The molecule has 0 amide bonds. The summed E-state index contributed by atoms with van der Waals surface area (Å²) >= 11 is 0. The van der Waals surface area contributed by atoms with E-state index in [4.69, 9.17) is 28.4 Å². The number of phenolic OH excluding ortho intramolecular Hbond substituents is 2. The summed E-state index contributed by atoms with van der Waals surface area (Å²) in [5.41, 5.74) is 0.686. The molecule has 14 heteroatoms. The maximum Gasteiger partial charge on any atom is 0.337 e. The van der Waals surface area contributed by atoms with Crippen LogP contribution in [0.4, 0.5) is 0 Å². The molecule has 222 valence electrons. The van der Waals surface area contributed by atoms with Crippen LogP contribution < -0.4 is 0 Å². The van der Waals surface area contributed by atoms with Crippen molar-refractivity contribution in [3.63, 3.8) is 0 Å². The van der Waals surface area contributed by atoms with E-state index in [-0.39, 0.29) is 35.7 Å². The number of hydrogen-bond donors (Lipinski definition) is 6. The molecule has 0 spiro atoms. The summed E-state index contributed by atoms with van der Waals surface area (Å²) < 4.78 is 32.2. The van der Waals surface area contributed by atoms with E-state index in [0.717, 1.165) is 13.4 Å². The first kappa shape index (κ1) is 31.3. The molecule has 2 heterocycles. The molecule has 6 N–H and O–H groups in total. The number of aliphatic hydroxyl groups is 4. The van der Waals surface area contributed by atoms with E-state index < -0.39 is 67.6 Å². The van der Waals surface area contributed by atoms with Crippen molar-refractivity contribution in [2.24, 2.45) is 5.92 Å². The SMILES string of the molecule is C/C=C1/[C@H](O[C@@H]2O[C@H](CO)[C@@H](O)[C@H](O)[C@H]2O)OC=C(C(=O)OC)[C@H]1CC(=O)OC[C@@H](OC)c1ccc(O)c(O)c1. The monoisotopic (exact) mass is 570 g/mol. The zero-order valence-corrected chi connectivity index (χ0v) is 22.1. The first-order chi connectivity index (χ1) is 19.1. The number of methoxy groups -OCH3 is 2. The fourth-order valence-corrected chi connectivity index (χ4v) is 4.36. The largest absolute Gasteiger partial charge is 0.504 e. The molecule has 40 heavy (non-hydrogen) atoms.